The molecule has 0 amide bonds. The molecule has 0 saturated carbocycles. The zero-order valence-corrected chi connectivity index (χ0v) is 12.7. The lowest BCUT2D eigenvalue weighted by Gasteiger charge is -2.43. The zero-order chi connectivity index (χ0) is 14.0. The molecule has 5 heteroatoms. The second-order valence-corrected chi connectivity index (χ2v) is 6.83. The topological polar surface area (TPSA) is 53.4 Å². The van der Waals surface area contributed by atoms with Gasteiger partial charge in [0.15, 0.2) is 0 Å². The SMILES string of the molecule is CCc1nc(CN2CCCC(C)(C)C2C(=O)O)cs1. The number of aliphatic carboxylic acids is 1. The largest absolute Gasteiger partial charge is 0.480 e. The van der Waals surface area contributed by atoms with Crippen molar-refractivity contribution < 1.29 is 9.90 Å². The minimum atomic E-state index is -0.712. The number of hydrogen-bond donors (Lipinski definition) is 1. The van der Waals surface area contributed by atoms with Gasteiger partial charge in [-0.3, -0.25) is 9.69 Å². The van der Waals surface area contributed by atoms with Crippen molar-refractivity contribution in [2.24, 2.45) is 5.41 Å². The molecular weight excluding hydrogens is 260 g/mol. The third-order valence-corrected chi connectivity index (χ3v) is 4.91. The van der Waals surface area contributed by atoms with E-state index in [0.29, 0.717) is 6.54 Å². The smallest absolute Gasteiger partial charge is 0.321 e. The number of hydrogen-bond acceptors (Lipinski definition) is 4. The highest BCUT2D eigenvalue weighted by molar-refractivity contribution is 7.09. The van der Waals surface area contributed by atoms with Crippen LogP contribution >= 0.6 is 11.3 Å². The predicted octanol–water partition coefficient (Wildman–Crippen LogP) is 2.78. The summed E-state index contributed by atoms with van der Waals surface area (Å²) in [4.78, 5) is 18.2. The fraction of sp³-hybridized carbons (Fsp3) is 0.714. The molecular formula is C14H22N2O2S. The Balaban J connectivity index is 2.15. The molecule has 0 aliphatic carbocycles. The first kappa shape index (κ1) is 14.5. The number of nitrogens with zero attached hydrogens (tertiary/aromatic N) is 2. The lowest BCUT2D eigenvalue weighted by molar-refractivity contribution is -0.151. The summed E-state index contributed by atoms with van der Waals surface area (Å²) in [5.74, 6) is -0.712. The van der Waals surface area contributed by atoms with Crippen LogP contribution in [-0.4, -0.2) is 33.5 Å². The zero-order valence-electron chi connectivity index (χ0n) is 11.8. The van der Waals surface area contributed by atoms with E-state index >= 15 is 0 Å². The van der Waals surface area contributed by atoms with Crippen LogP contribution in [0, 0.1) is 5.41 Å². The van der Waals surface area contributed by atoms with Crippen LogP contribution in [0.15, 0.2) is 5.38 Å². The first-order valence-electron chi connectivity index (χ1n) is 6.84. The predicted molar refractivity (Wildman–Crippen MR) is 76.3 cm³/mol. The van der Waals surface area contributed by atoms with Crippen molar-refractivity contribution in [2.75, 3.05) is 6.54 Å². The van der Waals surface area contributed by atoms with Crippen LogP contribution in [0.5, 0.6) is 0 Å². The van der Waals surface area contributed by atoms with Crippen LogP contribution in [0.2, 0.25) is 0 Å². The highest BCUT2D eigenvalue weighted by atomic mass is 32.1. The van der Waals surface area contributed by atoms with Crippen molar-refractivity contribution >= 4 is 17.3 Å². The molecule has 1 saturated heterocycles. The second kappa shape index (κ2) is 5.59. The standard InChI is InChI=1S/C14H22N2O2S/c1-4-11-15-10(9-19-11)8-16-7-5-6-14(2,3)12(16)13(17)18/h9,12H,4-8H2,1-3H3,(H,17,18). The van der Waals surface area contributed by atoms with E-state index in [4.69, 9.17) is 0 Å². The summed E-state index contributed by atoms with van der Waals surface area (Å²) in [5, 5.41) is 12.7. The van der Waals surface area contributed by atoms with Crippen molar-refractivity contribution in [2.45, 2.75) is 52.6 Å². The van der Waals surface area contributed by atoms with E-state index in [-0.39, 0.29) is 5.41 Å². The summed E-state index contributed by atoms with van der Waals surface area (Å²) in [7, 11) is 0. The summed E-state index contributed by atoms with van der Waals surface area (Å²) < 4.78 is 0. The van der Waals surface area contributed by atoms with Crippen molar-refractivity contribution in [3.05, 3.63) is 16.1 Å². The number of carboxylic acids is 1. The maximum absolute atomic E-state index is 11.6. The molecule has 1 aliphatic rings. The molecule has 106 valence electrons. The Morgan fingerprint density at radius 1 is 1.63 bits per heavy atom. The Hall–Kier alpha value is -0.940. The Morgan fingerprint density at radius 3 is 2.95 bits per heavy atom. The van der Waals surface area contributed by atoms with Crippen LogP contribution in [0.3, 0.4) is 0 Å². The lowest BCUT2D eigenvalue weighted by atomic mass is 9.76. The summed E-state index contributed by atoms with van der Waals surface area (Å²) in [6, 6.07) is -0.409. The van der Waals surface area contributed by atoms with Gasteiger partial charge in [0.25, 0.3) is 0 Å². The second-order valence-electron chi connectivity index (χ2n) is 5.89. The maximum atomic E-state index is 11.6. The average Bonchev–Trinajstić information content (AvgIpc) is 2.75. The molecule has 1 atom stereocenters. The minimum Gasteiger partial charge on any atom is -0.480 e. The molecule has 1 fully saturated rings. The molecule has 1 aliphatic heterocycles. The number of piperidine rings is 1. The molecule has 1 unspecified atom stereocenters. The Morgan fingerprint density at radius 2 is 2.37 bits per heavy atom. The van der Waals surface area contributed by atoms with Gasteiger partial charge >= 0.3 is 5.97 Å². The van der Waals surface area contributed by atoms with Crippen LogP contribution in [-0.2, 0) is 17.8 Å². The first-order chi connectivity index (χ1) is 8.94. The summed E-state index contributed by atoms with van der Waals surface area (Å²) >= 11 is 1.66. The fourth-order valence-corrected chi connectivity index (χ4v) is 3.69. The van der Waals surface area contributed by atoms with Gasteiger partial charge < -0.3 is 5.11 Å². The van der Waals surface area contributed by atoms with E-state index < -0.39 is 12.0 Å². The van der Waals surface area contributed by atoms with Gasteiger partial charge in [0.1, 0.15) is 6.04 Å². The number of aromatic nitrogens is 1. The minimum absolute atomic E-state index is 0.173. The third-order valence-electron chi connectivity index (χ3n) is 3.87. The average molecular weight is 282 g/mol. The van der Waals surface area contributed by atoms with E-state index in [1.165, 1.54) is 0 Å². The van der Waals surface area contributed by atoms with Crippen molar-refractivity contribution in [1.82, 2.24) is 9.88 Å². The Kier molecular flexibility index (Phi) is 4.26. The lowest BCUT2D eigenvalue weighted by Crippen LogP contribution is -2.53. The van der Waals surface area contributed by atoms with Gasteiger partial charge in [-0.2, -0.15) is 0 Å². The molecule has 1 aromatic heterocycles. The number of likely N-dealkylation sites (tertiary alicyclic amines) is 1. The molecule has 19 heavy (non-hydrogen) atoms. The molecule has 2 heterocycles. The molecule has 4 nitrogen and oxygen atoms in total. The van der Waals surface area contributed by atoms with E-state index in [1.54, 1.807) is 11.3 Å². The van der Waals surface area contributed by atoms with E-state index in [0.717, 1.165) is 36.5 Å². The Labute approximate surface area is 118 Å². The van der Waals surface area contributed by atoms with Gasteiger partial charge in [0, 0.05) is 11.9 Å². The van der Waals surface area contributed by atoms with Crippen LogP contribution < -0.4 is 0 Å². The number of thiazole rings is 1. The van der Waals surface area contributed by atoms with Gasteiger partial charge in [0.05, 0.1) is 10.7 Å². The van der Waals surface area contributed by atoms with Crippen molar-refractivity contribution in [1.29, 1.82) is 0 Å². The monoisotopic (exact) mass is 282 g/mol. The van der Waals surface area contributed by atoms with Crippen molar-refractivity contribution in [3.63, 3.8) is 0 Å². The van der Waals surface area contributed by atoms with Crippen molar-refractivity contribution in [3.8, 4) is 0 Å². The summed E-state index contributed by atoms with van der Waals surface area (Å²) in [6.07, 6.45) is 2.97. The number of carbonyl (C=O) groups is 1. The summed E-state index contributed by atoms with van der Waals surface area (Å²) in [5.41, 5.74) is 0.832. The van der Waals surface area contributed by atoms with Gasteiger partial charge in [0.2, 0.25) is 0 Å². The maximum Gasteiger partial charge on any atom is 0.321 e. The van der Waals surface area contributed by atoms with Gasteiger partial charge in [-0.25, -0.2) is 4.98 Å². The van der Waals surface area contributed by atoms with E-state index in [1.807, 2.05) is 0 Å². The Bertz CT molecular complexity index is 456. The van der Waals surface area contributed by atoms with Crippen LogP contribution in [0.25, 0.3) is 0 Å². The number of carboxylic acid groups (broad SMARTS) is 1. The summed E-state index contributed by atoms with van der Waals surface area (Å²) in [6.45, 7) is 7.69. The number of aryl methyl sites for hydroxylation is 1. The molecule has 0 radical (unpaired) electrons. The van der Waals surface area contributed by atoms with E-state index in [9.17, 15) is 9.90 Å². The molecule has 1 aromatic rings. The molecule has 0 bridgehead atoms. The first-order valence-corrected chi connectivity index (χ1v) is 7.72. The quantitative estimate of drug-likeness (QED) is 0.922. The molecule has 1 N–H and O–H groups in total. The number of rotatable bonds is 4. The van der Waals surface area contributed by atoms with Crippen LogP contribution in [0.4, 0.5) is 0 Å². The van der Waals surface area contributed by atoms with Crippen LogP contribution in [0.1, 0.15) is 44.3 Å². The highest BCUT2D eigenvalue weighted by Crippen LogP contribution is 2.36. The van der Waals surface area contributed by atoms with Gasteiger partial charge in [-0.15, -0.1) is 11.3 Å². The van der Waals surface area contributed by atoms with E-state index in [2.05, 4.69) is 36.0 Å². The third kappa shape index (κ3) is 3.15. The fourth-order valence-electron chi connectivity index (χ4n) is 2.95. The van der Waals surface area contributed by atoms with Gasteiger partial charge in [-0.05, 0) is 31.2 Å². The van der Waals surface area contributed by atoms with Gasteiger partial charge in [-0.1, -0.05) is 20.8 Å². The normalized spacial score (nSPS) is 23.4. The highest BCUT2D eigenvalue weighted by Gasteiger charge is 2.42. The molecule has 2 rings (SSSR count). The molecule has 0 aromatic carbocycles. The molecule has 0 spiro atoms.